The molecule has 14 nitrogen and oxygen atoms in total. The molecular formula is C88H153NO13. The van der Waals surface area contributed by atoms with Crippen LogP contribution < -0.4 is 5.32 Å². The Morgan fingerprint density at radius 1 is 0.363 bits per heavy atom. The lowest BCUT2D eigenvalue weighted by Gasteiger charge is -2.46. The average Bonchev–Trinajstić information content (AvgIpc) is 0.790. The van der Waals surface area contributed by atoms with Gasteiger partial charge in [0.2, 0.25) is 5.91 Å². The number of rotatable bonds is 69. The van der Waals surface area contributed by atoms with Gasteiger partial charge in [0.25, 0.3) is 0 Å². The maximum absolute atomic E-state index is 13.4. The van der Waals surface area contributed by atoms with Gasteiger partial charge in [-0.15, -0.1) is 0 Å². The number of hydrogen-bond donors (Lipinski definition) is 9. The van der Waals surface area contributed by atoms with Crippen molar-refractivity contribution >= 4 is 5.91 Å². The van der Waals surface area contributed by atoms with Crippen molar-refractivity contribution in [3.05, 3.63) is 122 Å². The first-order valence-electron chi connectivity index (χ1n) is 41.8. The lowest BCUT2D eigenvalue weighted by atomic mass is 9.97. The lowest BCUT2D eigenvalue weighted by molar-refractivity contribution is -0.359. The molecule has 0 aliphatic carbocycles. The van der Waals surface area contributed by atoms with Gasteiger partial charge in [-0.25, -0.2) is 0 Å². The van der Waals surface area contributed by atoms with Crippen LogP contribution in [0, 0.1) is 0 Å². The summed E-state index contributed by atoms with van der Waals surface area (Å²) in [6.45, 7) is 2.71. The quantitative estimate of drug-likeness (QED) is 0.0204. The van der Waals surface area contributed by atoms with Crippen LogP contribution in [0.2, 0.25) is 0 Å². The largest absolute Gasteiger partial charge is 0.394 e. The molecule has 2 heterocycles. The van der Waals surface area contributed by atoms with Gasteiger partial charge >= 0.3 is 0 Å². The van der Waals surface area contributed by atoms with E-state index in [4.69, 9.17) is 18.9 Å². The summed E-state index contributed by atoms with van der Waals surface area (Å²) in [7, 11) is 0. The Hall–Kier alpha value is -3.61. The van der Waals surface area contributed by atoms with Gasteiger partial charge in [0.1, 0.15) is 48.8 Å². The van der Waals surface area contributed by atoms with Gasteiger partial charge in [-0.1, -0.05) is 360 Å². The van der Waals surface area contributed by atoms with Crippen LogP contribution in [0.3, 0.4) is 0 Å². The van der Waals surface area contributed by atoms with Gasteiger partial charge in [0.05, 0.1) is 32.0 Å². The zero-order valence-electron chi connectivity index (χ0n) is 64.6. The Labute approximate surface area is 622 Å². The molecule has 0 bridgehead atoms. The molecule has 2 aliphatic rings. The number of ether oxygens (including phenoxy) is 4. The van der Waals surface area contributed by atoms with Crippen LogP contribution in [-0.4, -0.2) is 140 Å². The van der Waals surface area contributed by atoms with E-state index in [-0.39, 0.29) is 18.9 Å². The van der Waals surface area contributed by atoms with Crippen molar-refractivity contribution < 1.29 is 64.6 Å². The smallest absolute Gasteiger partial charge is 0.220 e. The van der Waals surface area contributed by atoms with E-state index in [1.807, 2.05) is 6.08 Å². The van der Waals surface area contributed by atoms with Gasteiger partial charge in [-0.3, -0.25) is 4.79 Å². The first-order valence-corrected chi connectivity index (χ1v) is 41.8. The number of aliphatic hydroxyl groups excluding tert-OH is 8. The zero-order chi connectivity index (χ0) is 73.7. The van der Waals surface area contributed by atoms with Crippen molar-refractivity contribution in [3.63, 3.8) is 0 Å². The highest BCUT2D eigenvalue weighted by Crippen LogP contribution is 2.30. The third-order valence-corrected chi connectivity index (χ3v) is 19.7. The molecular weight excluding hydrogens is 1280 g/mol. The minimum Gasteiger partial charge on any atom is -0.394 e. The molecule has 2 saturated heterocycles. The predicted molar refractivity (Wildman–Crippen MR) is 424 cm³/mol. The lowest BCUT2D eigenvalue weighted by Crippen LogP contribution is -2.65. The molecule has 0 aromatic heterocycles. The van der Waals surface area contributed by atoms with E-state index in [0.29, 0.717) is 6.42 Å². The molecule has 9 N–H and O–H groups in total. The highest BCUT2D eigenvalue weighted by Gasteiger charge is 2.51. The predicted octanol–water partition coefficient (Wildman–Crippen LogP) is 19.6. The zero-order valence-corrected chi connectivity index (χ0v) is 64.6. The maximum Gasteiger partial charge on any atom is 0.220 e. The molecule has 2 fully saturated rings. The van der Waals surface area contributed by atoms with Crippen molar-refractivity contribution in [2.45, 2.75) is 408 Å². The molecule has 102 heavy (non-hydrogen) atoms. The summed E-state index contributed by atoms with van der Waals surface area (Å²) >= 11 is 0. The molecule has 0 radical (unpaired) electrons. The summed E-state index contributed by atoms with van der Waals surface area (Å²) < 4.78 is 22.9. The van der Waals surface area contributed by atoms with Crippen molar-refractivity contribution in [1.82, 2.24) is 5.32 Å². The number of allylic oxidation sites excluding steroid dienone is 19. The molecule has 12 atom stereocenters. The van der Waals surface area contributed by atoms with Gasteiger partial charge in [0.15, 0.2) is 12.6 Å². The minimum absolute atomic E-state index is 0.251. The van der Waals surface area contributed by atoms with Crippen molar-refractivity contribution in [3.8, 4) is 0 Å². The average molecular weight is 1430 g/mol. The first kappa shape index (κ1) is 94.5. The molecule has 14 heteroatoms. The standard InChI is InChI=1S/C88H153NO13/c1-3-5-7-9-11-13-15-17-19-21-23-25-27-29-31-33-35-37-38-40-42-44-46-48-50-52-54-56-58-60-62-64-66-68-70-72-80(93)89-76(75-99-87-85(98)83(96)86(79(74-91)101-87)102-88-84(97)82(95)81(94)78(73-90)100-88)77(92)71-69-67-65-63-61-59-57-55-53-51-49-47-45-43-41-39-36-34-32-30-28-26-24-22-20-18-16-14-12-10-8-6-4-2/h5,7,11,13,17,19,23,25,29,31,35,37,40,42,46,48,52,54,69,71,76-79,81-88,90-92,94-98H,3-4,6,8-10,12,14-16,18,20-22,24,26-28,30,32-34,36,38-39,41,43-45,47,49-51,53,55-68,70,72-75H2,1-2H3,(H,89,93)/b7-5-,13-11-,19-17-,25-23-,31-29-,37-35-,42-40-,48-46-,54-52-,71-69+. The Balaban J connectivity index is 1.63. The molecule has 588 valence electrons. The van der Waals surface area contributed by atoms with Crippen molar-refractivity contribution in [1.29, 1.82) is 0 Å². The van der Waals surface area contributed by atoms with E-state index in [1.165, 1.54) is 186 Å². The summed E-state index contributed by atoms with van der Waals surface area (Å²) in [4.78, 5) is 13.4. The summed E-state index contributed by atoms with van der Waals surface area (Å²) in [5.41, 5.74) is 0. The van der Waals surface area contributed by atoms with Crippen LogP contribution in [0.5, 0.6) is 0 Å². The summed E-state index contributed by atoms with van der Waals surface area (Å²) in [6.07, 6.45) is 87.1. The van der Waals surface area contributed by atoms with E-state index >= 15 is 0 Å². The summed E-state index contributed by atoms with van der Waals surface area (Å²) in [5.74, 6) is -0.251. The highest BCUT2D eigenvalue weighted by molar-refractivity contribution is 5.76. The van der Waals surface area contributed by atoms with Crippen LogP contribution in [0.1, 0.15) is 335 Å². The molecule has 2 aliphatic heterocycles. The van der Waals surface area contributed by atoms with Crippen molar-refractivity contribution in [2.75, 3.05) is 19.8 Å². The second kappa shape index (κ2) is 70.4. The van der Waals surface area contributed by atoms with E-state index < -0.39 is 86.8 Å². The Bertz CT molecular complexity index is 2180. The second-order valence-electron chi connectivity index (χ2n) is 28.9. The number of nitrogens with one attached hydrogen (secondary N) is 1. The number of carbonyl (C=O) groups is 1. The van der Waals surface area contributed by atoms with Gasteiger partial charge in [-0.05, 0) is 89.9 Å². The summed E-state index contributed by atoms with van der Waals surface area (Å²) in [6, 6.07) is -0.932. The van der Waals surface area contributed by atoms with Crippen LogP contribution in [0.15, 0.2) is 122 Å². The topological polar surface area (TPSA) is 228 Å². The molecule has 1 amide bonds. The molecule has 0 aromatic rings. The Morgan fingerprint density at radius 2 is 0.676 bits per heavy atom. The SMILES string of the molecule is CC/C=C\C/C=C\C/C=C\C/C=C\C/C=C\C/C=C\C/C=C\C/C=C\C/C=C\CCCCCCCCCC(=O)NC(COC1OC(CO)C(OC2OC(CO)C(O)C(O)C2O)C(O)C1O)C(O)/C=C/CCCCCCCCCCCCCCCCCCCCCCCCCCCCCCCCC. The van der Waals surface area contributed by atoms with E-state index in [2.05, 4.69) is 129 Å². The van der Waals surface area contributed by atoms with Gasteiger partial charge in [0, 0.05) is 6.42 Å². The van der Waals surface area contributed by atoms with Crippen molar-refractivity contribution in [2.24, 2.45) is 0 Å². The second-order valence-corrected chi connectivity index (χ2v) is 28.9. The minimum atomic E-state index is -1.80. The highest BCUT2D eigenvalue weighted by atomic mass is 16.7. The molecule has 0 aromatic carbocycles. The van der Waals surface area contributed by atoms with E-state index in [1.54, 1.807) is 6.08 Å². The van der Waals surface area contributed by atoms with Crippen LogP contribution in [-0.2, 0) is 23.7 Å². The molecule has 0 saturated carbocycles. The van der Waals surface area contributed by atoms with Crippen LogP contribution >= 0.6 is 0 Å². The van der Waals surface area contributed by atoms with Gasteiger partial charge < -0.3 is 65.1 Å². The number of aliphatic hydroxyl groups is 8. The van der Waals surface area contributed by atoms with Crippen LogP contribution in [0.4, 0.5) is 0 Å². The maximum atomic E-state index is 13.4. The molecule has 0 spiro atoms. The Morgan fingerprint density at radius 3 is 1.04 bits per heavy atom. The van der Waals surface area contributed by atoms with Crippen LogP contribution in [0.25, 0.3) is 0 Å². The summed E-state index contributed by atoms with van der Waals surface area (Å²) in [5, 5.41) is 87.8. The van der Waals surface area contributed by atoms with E-state index in [0.717, 1.165) is 122 Å². The fraction of sp³-hybridized carbons (Fsp3) is 0.761. The number of hydrogen-bond acceptors (Lipinski definition) is 13. The first-order chi connectivity index (χ1) is 50.1. The third kappa shape index (κ3) is 52.4. The van der Waals surface area contributed by atoms with Gasteiger partial charge in [-0.2, -0.15) is 0 Å². The number of unbranched alkanes of at least 4 members (excludes halogenated alkanes) is 38. The third-order valence-electron chi connectivity index (χ3n) is 19.7. The monoisotopic (exact) mass is 1430 g/mol. The van der Waals surface area contributed by atoms with E-state index in [9.17, 15) is 45.6 Å². The number of carbonyl (C=O) groups excluding carboxylic acids is 1. The number of amides is 1. The Kier molecular flexibility index (Phi) is 65.2. The normalized spacial score (nSPS) is 22.3. The fourth-order valence-corrected chi connectivity index (χ4v) is 13.1. The molecule has 2 rings (SSSR count). The molecule has 12 unspecified atom stereocenters. The fourth-order valence-electron chi connectivity index (χ4n) is 13.1.